The largest absolute Gasteiger partial charge is 0.308 e. The smallest absolute Gasteiger partial charge is 0.0633 e. The van der Waals surface area contributed by atoms with Crippen molar-refractivity contribution < 1.29 is 0 Å². The van der Waals surface area contributed by atoms with Gasteiger partial charge < -0.3 is 8.80 Å². The first-order valence-corrected chi connectivity index (χ1v) is 21.0. The van der Waals surface area contributed by atoms with E-state index in [0.717, 1.165) is 6.42 Å². The minimum absolute atomic E-state index is 0.533. The van der Waals surface area contributed by atoms with Gasteiger partial charge >= 0.3 is 0 Å². The van der Waals surface area contributed by atoms with Crippen molar-refractivity contribution in [3.05, 3.63) is 175 Å². The van der Waals surface area contributed by atoms with E-state index in [9.17, 15) is 0 Å². The third-order valence-electron chi connectivity index (χ3n) is 14.2. The van der Waals surface area contributed by atoms with Gasteiger partial charge in [-0.25, -0.2) is 0 Å². The predicted molar refractivity (Wildman–Crippen MR) is 253 cm³/mol. The number of rotatable bonds is 2. The SMILES string of the molecule is CC1C=CC(c2ccc3c4c2c2c5ccccc5n5c6ccccc6c(c4c4ccc(-c6ccccc6)c6c4c3c3c4ccccc4n4c7ccccc7c6c34)c25)=CC1. The van der Waals surface area contributed by atoms with E-state index in [1.807, 2.05) is 0 Å². The van der Waals surface area contributed by atoms with E-state index in [-0.39, 0.29) is 0 Å². The first kappa shape index (κ1) is 30.7. The fraction of sp³-hybridized carbons (Fsp3) is 0.0526. The summed E-state index contributed by atoms with van der Waals surface area (Å²) in [4.78, 5) is 0. The van der Waals surface area contributed by atoms with E-state index in [4.69, 9.17) is 0 Å². The van der Waals surface area contributed by atoms with Crippen molar-refractivity contribution in [2.24, 2.45) is 5.92 Å². The minimum atomic E-state index is 0.533. The Balaban J connectivity index is 1.34. The van der Waals surface area contributed by atoms with Crippen LogP contribution >= 0.6 is 0 Å². The number of hydrogen-bond acceptors (Lipinski definition) is 0. The van der Waals surface area contributed by atoms with Crippen LogP contribution < -0.4 is 0 Å². The molecule has 10 aromatic carbocycles. The lowest BCUT2D eigenvalue weighted by molar-refractivity contribution is 0.739. The molecule has 272 valence electrons. The summed E-state index contributed by atoms with van der Waals surface area (Å²) in [5, 5.41) is 21.5. The monoisotopic (exact) mass is 746 g/mol. The number of para-hydroxylation sites is 4. The molecule has 1 aliphatic rings. The van der Waals surface area contributed by atoms with Crippen molar-refractivity contribution in [2.75, 3.05) is 0 Å². The Bertz CT molecular complexity index is 4210. The Hall–Kier alpha value is -7.42. The van der Waals surface area contributed by atoms with Crippen molar-refractivity contribution in [2.45, 2.75) is 13.3 Å². The summed E-state index contributed by atoms with van der Waals surface area (Å²) in [7, 11) is 0. The van der Waals surface area contributed by atoms with Crippen LogP contribution in [0.4, 0.5) is 0 Å². The zero-order valence-electron chi connectivity index (χ0n) is 32.3. The fourth-order valence-electron chi connectivity index (χ4n) is 12.0. The van der Waals surface area contributed by atoms with Crippen LogP contribution in [0.1, 0.15) is 18.9 Å². The maximum Gasteiger partial charge on any atom is 0.0633 e. The number of allylic oxidation sites excluding steroid dienone is 4. The summed E-state index contributed by atoms with van der Waals surface area (Å²) in [5.74, 6) is 0.533. The van der Waals surface area contributed by atoms with E-state index in [1.165, 1.54) is 142 Å². The van der Waals surface area contributed by atoms with Crippen molar-refractivity contribution >= 4 is 125 Å². The lowest BCUT2D eigenvalue weighted by Crippen LogP contribution is -1.97. The second-order valence-corrected chi connectivity index (χ2v) is 17.1. The molecule has 1 aliphatic carbocycles. The molecule has 0 amide bonds. The van der Waals surface area contributed by atoms with Crippen LogP contribution in [0.15, 0.2) is 170 Å². The van der Waals surface area contributed by atoms with Crippen molar-refractivity contribution in [1.29, 1.82) is 0 Å². The molecule has 0 radical (unpaired) electrons. The first-order chi connectivity index (χ1) is 29.3. The zero-order valence-corrected chi connectivity index (χ0v) is 32.3. The fourth-order valence-corrected chi connectivity index (χ4v) is 12.0. The van der Waals surface area contributed by atoms with Crippen LogP contribution in [0.5, 0.6) is 0 Å². The maximum absolute atomic E-state index is 2.58. The van der Waals surface area contributed by atoms with Gasteiger partial charge in [-0.1, -0.05) is 153 Å². The summed E-state index contributed by atoms with van der Waals surface area (Å²) < 4.78 is 5.14. The minimum Gasteiger partial charge on any atom is -0.308 e. The van der Waals surface area contributed by atoms with Crippen molar-refractivity contribution in [3.63, 3.8) is 0 Å². The molecule has 0 saturated carbocycles. The standard InChI is InChI=1S/C57H34N2/c1-31-23-25-33(26-24-31)35-28-30-41-49-47(35)53-37-16-6-10-20-43(37)59-45-22-12-8-18-39(45)55(57(53)59)51(49)40-29-27-34(32-13-3-2-4-14-32)46-48(40)50(41)54-38-17-7-11-21-44(38)58-42-19-9-5-15-36(42)52(46)56(54)58/h2-23,25-31H,24H2,1H3. The zero-order chi connectivity index (χ0) is 38.2. The van der Waals surface area contributed by atoms with Crippen LogP contribution in [0.3, 0.4) is 0 Å². The molecule has 1 atom stereocenters. The Kier molecular flexibility index (Phi) is 5.48. The quantitative estimate of drug-likeness (QED) is 0.123. The highest BCUT2D eigenvalue weighted by atomic mass is 14.9. The van der Waals surface area contributed by atoms with E-state index in [0.29, 0.717) is 5.92 Å². The average molecular weight is 747 g/mol. The van der Waals surface area contributed by atoms with Gasteiger partial charge in [-0.15, -0.1) is 0 Å². The van der Waals surface area contributed by atoms with Gasteiger partial charge in [0.2, 0.25) is 0 Å². The lowest BCUT2D eigenvalue weighted by atomic mass is 9.80. The molecule has 4 aromatic heterocycles. The maximum atomic E-state index is 2.58. The molecule has 2 heteroatoms. The molecular formula is C57H34N2. The molecule has 14 aromatic rings. The summed E-state index contributed by atoms with van der Waals surface area (Å²) in [6.07, 6.45) is 8.32. The molecule has 59 heavy (non-hydrogen) atoms. The molecule has 1 unspecified atom stereocenters. The number of nitrogens with zero attached hydrogens (tertiary/aromatic N) is 2. The third-order valence-corrected chi connectivity index (χ3v) is 14.2. The first-order valence-electron chi connectivity index (χ1n) is 21.0. The normalized spacial score (nSPS) is 15.3. The average Bonchev–Trinajstić information content (AvgIpc) is 4.02. The van der Waals surface area contributed by atoms with E-state index in [1.54, 1.807) is 0 Å². The van der Waals surface area contributed by atoms with Gasteiger partial charge in [0.1, 0.15) is 0 Å². The van der Waals surface area contributed by atoms with E-state index in [2.05, 4.69) is 186 Å². The van der Waals surface area contributed by atoms with Gasteiger partial charge in [-0.3, -0.25) is 0 Å². The number of fused-ring (bicyclic) bond motifs is 18. The molecule has 0 fully saturated rings. The molecule has 0 bridgehead atoms. The molecular weight excluding hydrogens is 713 g/mol. The van der Waals surface area contributed by atoms with Gasteiger partial charge in [0.05, 0.1) is 33.1 Å². The lowest BCUT2D eigenvalue weighted by Gasteiger charge is -2.22. The molecule has 0 spiro atoms. The van der Waals surface area contributed by atoms with Gasteiger partial charge in [0.25, 0.3) is 0 Å². The second kappa shape index (κ2) is 10.5. The second-order valence-electron chi connectivity index (χ2n) is 17.1. The predicted octanol–water partition coefficient (Wildman–Crippen LogP) is 15.7. The molecule has 0 aliphatic heterocycles. The van der Waals surface area contributed by atoms with Crippen molar-refractivity contribution in [3.8, 4) is 11.1 Å². The van der Waals surface area contributed by atoms with Gasteiger partial charge in [-0.2, -0.15) is 0 Å². The van der Waals surface area contributed by atoms with E-state index < -0.39 is 0 Å². The van der Waals surface area contributed by atoms with E-state index >= 15 is 0 Å². The highest BCUT2D eigenvalue weighted by Gasteiger charge is 2.31. The molecule has 0 saturated heterocycles. The highest BCUT2D eigenvalue weighted by Crippen LogP contribution is 2.57. The number of hydrogen-bond donors (Lipinski definition) is 0. The van der Waals surface area contributed by atoms with Crippen LogP contribution in [0.2, 0.25) is 0 Å². The Morgan fingerprint density at radius 1 is 0.373 bits per heavy atom. The van der Waals surface area contributed by atoms with Crippen LogP contribution in [-0.4, -0.2) is 8.80 Å². The third kappa shape index (κ3) is 3.50. The van der Waals surface area contributed by atoms with Crippen LogP contribution in [0.25, 0.3) is 136 Å². The number of aromatic nitrogens is 2. The molecule has 0 N–H and O–H groups in total. The van der Waals surface area contributed by atoms with Gasteiger partial charge in [0, 0.05) is 64.6 Å². The molecule has 2 nitrogen and oxygen atoms in total. The van der Waals surface area contributed by atoms with Crippen LogP contribution in [-0.2, 0) is 0 Å². The topological polar surface area (TPSA) is 8.82 Å². The Morgan fingerprint density at radius 3 is 1.25 bits per heavy atom. The molecule has 4 heterocycles. The summed E-state index contributed by atoms with van der Waals surface area (Å²) in [5.41, 5.74) is 12.9. The molecule has 15 rings (SSSR count). The summed E-state index contributed by atoms with van der Waals surface area (Å²) in [6.45, 7) is 2.32. The summed E-state index contributed by atoms with van der Waals surface area (Å²) >= 11 is 0. The van der Waals surface area contributed by atoms with Gasteiger partial charge in [0.15, 0.2) is 0 Å². The number of benzene rings is 10. The van der Waals surface area contributed by atoms with Crippen LogP contribution in [0, 0.1) is 5.92 Å². The van der Waals surface area contributed by atoms with Gasteiger partial charge in [-0.05, 0) is 80.4 Å². The Morgan fingerprint density at radius 2 is 0.780 bits per heavy atom. The summed E-state index contributed by atoms with van der Waals surface area (Å²) in [6, 6.07) is 57.4. The highest BCUT2D eigenvalue weighted by molar-refractivity contribution is 6.53. The Labute approximate surface area is 338 Å². The van der Waals surface area contributed by atoms with Crippen molar-refractivity contribution in [1.82, 2.24) is 8.80 Å².